The van der Waals surface area contributed by atoms with E-state index in [0.29, 0.717) is 5.92 Å². The number of halogens is 1. The van der Waals surface area contributed by atoms with Crippen LogP contribution in [0.15, 0.2) is 18.2 Å². The minimum absolute atomic E-state index is 0.197. The largest absolute Gasteiger partial charge is 0.328 e. The maximum Gasteiger partial charge on any atom is 0.125 e. The molecule has 3 nitrogen and oxygen atoms in total. The highest BCUT2D eigenvalue weighted by Crippen LogP contribution is 2.29. The molecule has 3 rings (SSSR count). The third-order valence-corrected chi connectivity index (χ3v) is 4.43. The van der Waals surface area contributed by atoms with Crippen LogP contribution in [0.25, 0.3) is 11.0 Å². The van der Waals surface area contributed by atoms with E-state index in [1.807, 2.05) is 6.07 Å². The van der Waals surface area contributed by atoms with Crippen LogP contribution in [0.4, 0.5) is 4.39 Å². The number of piperidine rings is 1. The van der Waals surface area contributed by atoms with Crippen LogP contribution < -0.4 is 5.32 Å². The molecule has 2 heterocycles. The van der Waals surface area contributed by atoms with E-state index in [0.717, 1.165) is 55.8 Å². The van der Waals surface area contributed by atoms with Crippen molar-refractivity contribution in [2.75, 3.05) is 13.1 Å². The van der Waals surface area contributed by atoms with Crippen LogP contribution >= 0.6 is 0 Å². The lowest BCUT2D eigenvalue weighted by Gasteiger charge is -2.23. The van der Waals surface area contributed by atoms with Crippen molar-refractivity contribution < 1.29 is 4.39 Å². The number of nitrogens with one attached hydrogen (secondary N) is 1. The van der Waals surface area contributed by atoms with Gasteiger partial charge in [-0.25, -0.2) is 9.37 Å². The summed E-state index contributed by atoms with van der Waals surface area (Å²) in [5, 5.41) is 3.40. The quantitative estimate of drug-likeness (QED) is 0.848. The molecule has 1 saturated heterocycles. The molecule has 0 atom stereocenters. The first-order valence-corrected chi connectivity index (χ1v) is 8.16. The third-order valence-electron chi connectivity index (χ3n) is 4.43. The Kier molecular flexibility index (Phi) is 4.54. The predicted molar refractivity (Wildman–Crippen MR) is 84.1 cm³/mol. The van der Waals surface area contributed by atoms with E-state index in [4.69, 9.17) is 4.98 Å². The van der Waals surface area contributed by atoms with Gasteiger partial charge in [-0.05, 0) is 44.5 Å². The minimum Gasteiger partial charge on any atom is -0.328 e. The lowest BCUT2D eigenvalue weighted by molar-refractivity contribution is 0.429. The molecule has 0 radical (unpaired) electrons. The van der Waals surface area contributed by atoms with Gasteiger partial charge in [0.15, 0.2) is 0 Å². The second kappa shape index (κ2) is 6.56. The molecule has 0 unspecified atom stereocenters. The zero-order chi connectivity index (χ0) is 14.7. The molecular formula is C17H24FN3. The van der Waals surface area contributed by atoms with Gasteiger partial charge in [-0.15, -0.1) is 0 Å². The topological polar surface area (TPSA) is 29.9 Å². The monoisotopic (exact) mass is 289 g/mol. The van der Waals surface area contributed by atoms with Gasteiger partial charge >= 0.3 is 0 Å². The Morgan fingerprint density at radius 1 is 1.29 bits per heavy atom. The molecular weight excluding hydrogens is 265 g/mol. The predicted octanol–water partition coefficient (Wildman–Crippen LogP) is 3.83. The van der Waals surface area contributed by atoms with Gasteiger partial charge in [-0.1, -0.05) is 19.8 Å². The summed E-state index contributed by atoms with van der Waals surface area (Å²) in [5.74, 6) is 1.47. The van der Waals surface area contributed by atoms with Crippen molar-refractivity contribution in [3.05, 3.63) is 29.8 Å². The highest BCUT2D eigenvalue weighted by molar-refractivity contribution is 5.76. The fourth-order valence-electron chi connectivity index (χ4n) is 3.27. The highest BCUT2D eigenvalue weighted by atomic mass is 19.1. The highest BCUT2D eigenvalue weighted by Gasteiger charge is 2.22. The first-order valence-electron chi connectivity index (χ1n) is 8.16. The Hall–Kier alpha value is -1.42. The molecule has 1 aromatic heterocycles. The fourth-order valence-corrected chi connectivity index (χ4v) is 3.27. The summed E-state index contributed by atoms with van der Waals surface area (Å²) in [6, 6.07) is 5.00. The lowest BCUT2D eigenvalue weighted by atomic mass is 9.97. The number of imidazole rings is 1. The summed E-state index contributed by atoms with van der Waals surface area (Å²) in [4.78, 5) is 4.77. The molecule has 1 N–H and O–H groups in total. The standard InChI is InChI=1S/C17H24FN3/c1-2-3-4-11-21-16-6-5-14(18)12-15(16)20-17(21)13-7-9-19-10-8-13/h5-6,12-13,19H,2-4,7-11H2,1H3. The molecule has 1 aliphatic rings. The number of hydrogen-bond donors (Lipinski definition) is 1. The van der Waals surface area contributed by atoms with E-state index in [1.54, 1.807) is 12.1 Å². The van der Waals surface area contributed by atoms with Gasteiger partial charge in [0, 0.05) is 18.5 Å². The van der Waals surface area contributed by atoms with Crippen LogP contribution in [0, 0.1) is 5.82 Å². The van der Waals surface area contributed by atoms with Crippen LogP contribution in [0.3, 0.4) is 0 Å². The average Bonchev–Trinajstić information content (AvgIpc) is 2.86. The zero-order valence-electron chi connectivity index (χ0n) is 12.7. The Morgan fingerprint density at radius 3 is 2.86 bits per heavy atom. The number of nitrogens with zero attached hydrogens (tertiary/aromatic N) is 2. The molecule has 4 heteroatoms. The first kappa shape index (κ1) is 14.5. The Labute approximate surface area is 125 Å². The summed E-state index contributed by atoms with van der Waals surface area (Å²) in [5.41, 5.74) is 1.89. The number of benzene rings is 1. The van der Waals surface area contributed by atoms with Crippen molar-refractivity contribution in [3.63, 3.8) is 0 Å². The van der Waals surface area contributed by atoms with Crippen molar-refractivity contribution in [3.8, 4) is 0 Å². The maximum atomic E-state index is 13.5. The molecule has 0 amide bonds. The van der Waals surface area contributed by atoms with Crippen LogP contribution in [-0.2, 0) is 6.54 Å². The molecule has 0 aliphatic carbocycles. The van der Waals surface area contributed by atoms with E-state index in [9.17, 15) is 4.39 Å². The van der Waals surface area contributed by atoms with Gasteiger partial charge in [0.05, 0.1) is 11.0 Å². The molecule has 2 aromatic rings. The molecule has 114 valence electrons. The number of fused-ring (bicyclic) bond motifs is 1. The number of unbranched alkanes of at least 4 members (excludes halogenated alkanes) is 2. The second-order valence-corrected chi connectivity index (χ2v) is 5.99. The molecule has 0 bridgehead atoms. The summed E-state index contributed by atoms with van der Waals surface area (Å²) < 4.78 is 15.8. The molecule has 21 heavy (non-hydrogen) atoms. The second-order valence-electron chi connectivity index (χ2n) is 5.99. The molecule has 1 aliphatic heterocycles. The van der Waals surface area contributed by atoms with Gasteiger partial charge < -0.3 is 9.88 Å². The average molecular weight is 289 g/mol. The van der Waals surface area contributed by atoms with Crippen molar-refractivity contribution in [2.24, 2.45) is 0 Å². The minimum atomic E-state index is -0.197. The van der Waals surface area contributed by atoms with Crippen LogP contribution in [0.5, 0.6) is 0 Å². The summed E-state index contributed by atoms with van der Waals surface area (Å²) in [6.45, 7) is 5.32. The van der Waals surface area contributed by atoms with Crippen LogP contribution in [0.1, 0.15) is 50.8 Å². The van der Waals surface area contributed by atoms with E-state index < -0.39 is 0 Å². The fraction of sp³-hybridized carbons (Fsp3) is 0.588. The Morgan fingerprint density at radius 2 is 2.10 bits per heavy atom. The normalized spacial score (nSPS) is 16.7. The Balaban J connectivity index is 1.97. The summed E-state index contributed by atoms with van der Waals surface area (Å²) >= 11 is 0. The van der Waals surface area contributed by atoms with Crippen molar-refractivity contribution in [1.29, 1.82) is 0 Å². The van der Waals surface area contributed by atoms with Crippen molar-refractivity contribution in [2.45, 2.75) is 51.5 Å². The van der Waals surface area contributed by atoms with Crippen molar-refractivity contribution >= 4 is 11.0 Å². The molecule has 0 saturated carbocycles. The van der Waals surface area contributed by atoms with Gasteiger partial charge in [0.2, 0.25) is 0 Å². The van der Waals surface area contributed by atoms with Gasteiger partial charge in [0.1, 0.15) is 11.6 Å². The van der Waals surface area contributed by atoms with Crippen molar-refractivity contribution in [1.82, 2.24) is 14.9 Å². The molecule has 1 aromatic carbocycles. The number of aryl methyl sites for hydroxylation is 1. The number of rotatable bonds is 5. The number of aromatic nitrogens is 2. The zero-order valence-corrected chi connectivity index (χ0v) is 12.7. The van der Waals surface area contributed by atoms with E-state index in [1.165, 1.54) is 12.8 Å². The van der Waals surface area contributed by atoms with E-state index >= 15 is 0 Å². The van der Waals surface area contributed by atoms with Crippen LogP contribution in [-0.4, -0.2) is 22.6 Å². The van der Waals surface area contributed by atoms with Gasteiger partial charge in [-0.3, -0.25) is 0 Å². The lowest BCUT2D eigenvalue weighted by Crippen LogP contribution is -2.28. The first-order chi connectivity index (χ1) is 10.3. The third kappa shape index (κ3) is 3.10. The Bertz CT molecular complexity index is 599. The molecule has 1 fully saturated rings. The summed E-state index contributed by atoms with van der Waals surface area (Å²) in [6.07, 6.45) is 5.85. The van der Waals surface area contributed by atoms with Gasteiger partial charge in [-0.2, -0.15) is 0 Å². The van der Waals surface area contributed by atoms with Crippen LogP contribution in [0.2, 0.25) is 0 Å². The number of hydrogen-bond acceptors (Lipinski definition) is 2. The van der Waals surface area contributed by atoms with Gasteiger partial charge in [0.25, 0.3) is 0 Å². The van der Waals surface area contributed by atoms with E-state index in [2.05, 4.69) is 16.8 Å². The molecule has 0 spiro atoms. The summed E-state index contributed by atoms with van der Waals surface area (Å²) in [7, 11) is 0. The SMILES string of the molecule is CCCCCn1c(C2CCNCC2)nc2cc(F)ccc21. The van der Waals surface area contributed by atoms with E-state index in [-0.39, 0.29) is 5.82 Å². The maximum absolute atomic E-state index is 13.5. The smallest absolute Gasteiger partial charge is 0.125 e.